The normalized spacial score (nSPS) is 20.8. The van der Waals surface area contributed by atoms with Gasteiger partial charge in [0.15, 0.2) is 0 Å². The van der Waals surface area contributed by atoms with Crippen LogP contribution in [0.15, 0.2) is 24.3 Å². The van der Waals surface area contributed by atoms with Crippen molar-refractivity contribution in [1.29, 1.82) is 0 Å². The van der Waals surface area contributed by atoms with Crippen LogP contribution in [0.4, 0.5) is 5.95 Å². The maximum absolute atomic E-state index is 4.65. The van der Waals surface area contributed by atoms with Crippen molar-refractivity contribution < 1.29 is 0 Å². The fraction of sp³-hybridized carbons (Fsp3) is 0.533. The average Bonchev–Trinajstić information content (AvgIpc) is 2.82. The SMILES string of the molecule is CN1CCCC(CN(C)c2nc3ccccc3[nH]2)C1. The lowest BCUT2D eigenvalue weighted by Crippen LogP contribution is -2.38. The molecule has 1 aliphatic heterocycles. The topological polar surface area (TPSA) is 35.2 Å². The van der Waals surface area contributed by atoms with E-state index < -0.39 is 0 Å². The predicted octanol–water partition coefficient (Wildman–Crippen LogP) is 2.34. The predicted molar refractivity (Wildman–Crippen MR) is 79.6 cm³/mol. The molecule has 0 spiro atoms. The van der Waals surface area contributed by atoms with E-state index in [9.17, 15) is 0 Å². The molecule has 1 atom stereocenters. The Morgan fingerprint density at radius 3 is 3.05 bits per heavy atom. The van der Waals surface area contributed by atoms with Crippen LogP contribution < -0.4 is 4.90 Å². The van der Waals surface area contributed by atoms with Gasteiger partial charge in [-0.05, 0) is 44.5 Å². The highest BCUT2D eigenvalue weighted by Gasteiger charge is 2.19. The number of fused-ring (bicyclic) bond motifs is 1. The fourth-order valence-electron chi connectivity index (χ4n) is 3.02. The largest absolute Gasteiger partial charge is 0.345 e. The van der Waals surface area contributed by atoms with Gasteiger partial charge < -0.3 is 14.8 Å². The van der Waals surface area contributed by atoms with Gasteiger partial charge in [-0.15, -0.1) is 0 Å². The highest BCUT2D eigenvalue weighted by molar-refractivity contribution is 5.77. The first-order valence-electron chi connectivity index (χ1n) is 7.07. The van der Waals surface area contributed by atoms with Crippen LogP contribution in [0.3, 0.4) is 0 Å². The van der Waals surface area contributed by atoms with E-state index in [1.54, 1.807) is 0 Å². The maximum atomic E-state index is 4.65. The summed E-state index contributed by atoms with van der Waals surface area (Å²) < 4.78 is 0. The number of aromatic nitrogens is 2. The lowest BCUT2D eigenvalue weighted by molar-refractivity contribution is 0.213. The summed E-state index contributed by atoms with van der Waals surface area (Å²) in [6.45, 7) is 3.51. The van der Waals surface area contributed by atoms with Crippen molar-refractivity contribution in [2.24, 2.45) is 5.92 Å². The molecule has 0 aliphatic carbocycles. The maximum Gasteiger partial charge on any atom is 0.203 e. The van der Waals surface area contributed by atoms with Crippen LogP contribution in [0, 0.1) is 5.92 Å². The van der Waals surface area contributed by atoms with Crippen molar-refractivity contribution in [3.8, 4) is 0 Å². The molecule has 0 bridgehead atoms. The molecule has 4 heteroatoms. The van der Waals surface area contributed by atoms with Crippen LogP contribution in [0.1, 0.15) is 12.8 Å². The van der Waals surface area contributed by atoms with Gasteiger partial charge in [0.05, 0.1) is 11.0 Å². The zero-order valence-corrected chi connectivity index (χ0v) is 11.8. The van der Waals surface area contributed by atoms with Crippen molar-refractivity contribution in [1.82, 2.24) is 14.9 Å². The second kappa shape index (κ2) is 5.21. The summed E-state index contributed by atoms with van der Waals surface area (Å²) in [5.74, 6) is 1.73. The summed E-state index contributed by atoms with van der Waals surface area (Å²) in [5, 5.41) is 0. The second-order valence-corrected chi connectivity index (χ2v) is 5.73. The van der Waals surface area contributed by atoms with Crippen molar-refractivity contribution >= 4 is 17.0 Å². The lowest BCUT2D eigenvalue weighted by Gasteiger charge is -2.32. The van der Waals surface area contributed by atoms with E-state index in [1.165, 1.54) is 25.9 Å². The van der Waals surface area contributed by atoms with Crippen LogP contribution in [-0.2, 0) is 0 Å². The summed E-state index contributed by atoms with van der Waals surface area (Å²) in [6, 6.07) is 8.20. The minimum atomic E-state index is 0.747. The molecule has 1 fully saturated rings. The quantitative estimate of drug-likeness (QED) is 0.918. The Morgan fingerprint density at radius 1 is 1.42 bits per heavy atom. The van der Waals surface area contributed by atoms with E-state index in [2.05, 4.69) is 46.0 Å². The molecule has 1 N–H and O–H groups in total. The van der Waals surface area contributed by atoms with Crippen molar-refractivity contribution in [3.05, 3.63) is 24.3 Å². The minimum absolute atomic E-state index is 0.747. The molecule has 1 aromatic heterocycles. The molecule has 1 saturated heterocycles. The van der Waals surface area contributed by atoms with Gasteiger partial charge >= 0.3 is 0 Å². The Bertz CT molecular complexity index is 515. The molecule has 1 aliphatic rings. The van der Waals surface area contributed by atoms with E-state index in [-0.39, 0.29) is 0 Å². The minimum Gasteiger partial charge on any atom is -0.345 e. The van der Waals surface area contributed by atoms with E-state index >= 15 is 0 Å². The van der Waals surface area contributed by atoms with Gasteiger partial charge in [0.1, 0.15) is 0 Å². The number of nitrogens with zero attached hydrogens (tertiary/aromatic N) is 3. The van der Waals surface area contributed by atoms with Crippen molar-refractivity contribution in [3.63, 3.8) is 0 Å². The van der Waals surface area contributed by atoms with E-state index in [4.69, 9.17) is 0 Å². The van der Waals surface area contributed by atoms with Gasteiger partial charge in [0.25, 0.3) is 0 Å². The Morgan fingerprint density at radius 2 is 2.26 bits per heavy atom. The molecule has 1 aromatic carbocycles. The van der Waals surface area contributed by atoms with E-state index in [0.29, 0.717) is 0 Å². The molecule has 0 radical (unpaired) electrons. The average molecular weight is 258 g/mol. The Balaban J connectivity index is 1.70. The van der Waals surface area contributed by atoms with E-state index in [1.807, 2.05) is 12.1 Å². The summed E-state index contributed by atoms with van der Waals surface area (Å²) in [6.07, 6.45) is 2.64. The zero-order chi connectivity index (χ0) is 13.2. The number of hydrogen-bond donors (Lipinski definition) is 1. The third-order valence-electron chi connectivity index (χ3n) is 3.99. The number of nitrogens with one attached hydrogen (secondary N) is 1. The Kier molecular flexibility index (Phi) is 3.42. The number of aromatic amines is 1. The van der Waals surface area contributed by atoms with Gasteiger partial charge in [0, 0.05) is 20.1 Å². The first-order chi connectivity index (χ1) is 9.22. The molecule has 3 rings (SSSR count). The first-order valence-corrected chi connectivity index (χ1v) is 7.07. The van der Waals surface area contributed by atoms with Crippen LogP contribution in [0.2, 0.25) is 0 Å². The number of anilines is 1. The van der Waals surface area contributed by atoms with Gasteiger partial charge in [-0.1, -0.05) is 12.1 Å². The summed E-state index contributed by atoms with van der Waals surface area (Å²) in [7, 11) is 4.35. The van der Waals surface area contributed by atoms with Gasteiger partial charge in [-0.2, -0.15) is 0 Å². The van der Waals surface area contributed by atoms with Crippen molar-refractivity contribution in [2.75, 3.05) is 38.6 Å². The number of piperidine rings is 1. The molecule has 0 saturated carbocycles. The molecular weight excluding hydrogens is 236 g/mol. The number of benzene rings is 1. The van der Waals surface area contributed by atoms with Crippen LogP contribution in [0.5, 0.6) is 0 Å². The molecule has 4 nitrogen and oxygen atoms in total. The van der Waals surface area contributed by atoms with E-state index in [0.717, 1.165) is 29.4 Å². The number of hydrogen-bond acceptors (Lipinski definition) is 3. The molecule has 2 heterocycles. The summed E-state index contributed by atoms with van der Waals surface area (Å²) >= 11 is 0. The summed E-state index contributed by atoms with van der Waals surface area (Å²) in [4.78, 5) is 12.7. The van der Waals surface area contributed by atoms with Gasteiger partial charge in [-0.25, -0.2) is 4.98 Å². The van der Waals surface area contributed by atoms with Crippen LogP contribution in [-0.4, -0.2) is 48.6 Å². The molecular formula is C15H22N4. The smallest absolute Gasteiger partial charge is 0.203 e. The number of rotatable bonds is 3. The first kappa shape index (κ1) is 12.5. The molecule has 1 unspecified atom stereocenters. The van der Waals surface area contributed by atoms with Gasteiger partial charge in [-0.3, -0.25) is 0 Å². The lowest BCUT2D eigenvalue weighted by atomic mass is 9.98. The monoisotopic (exact) mass is 258 g/mol. The number of likely N-dealkylation sites (tertiary alicyclic amines) is 1. The van der Waals surface area contributed by atoms with Crippen LogP contribution >= 0.6 is 0 Å². The number of para-hydroxylation sites is 2. The molecule has 102 valence electrons. The zero-order valence-electron chi connectivity index (χ0n) is 11.8. The summed E-state index contributed by atoms with van der Waals surface area (Å²) in [5.41, 5.74) is 2.16. The third kappa shape index (κ3) is 2.73. The fourth-order valence-corrected chi connectivity index (χ4v) is 3.02. The second-order valence-electron chi connectivity index (χ2n) is 5.73. The molecule has 2 aromatic rings. The highest BCUT2D eigenvalue weighted by atomic mass is 15.2. The molecule has 19 heavy (non-hydrogen) atoms. The number of H-pyrrole nitrogens is 1. The third-order valence-corrected chi connectivity index (χ3v) is 3.99. The standard InChI is InChI=1S/C15H22N4/c1-18-9-5-6-12(10-18)11-19(2)15-16-13-7-3-4-8-14(13)17-15/h3-4,7-8,12H,5-6,9-11H2,1-2H3,(H,16,17). The Hall–Kier alpha value is -1.55. The van der Waals surface area contributed by atoms with Crippen molar-refractivity contribution in [2.45, 2.75) is 12.8 Å². The van der Waals surface area contributed by atoms with Crippen LogP contribution in [0.25, 0.3) is 11.0 Å². The molecule has 0 amide bonds. The highest BCUT2D eigenvalue weighted by Crippen LogP contribution is 2.20. The van der Waals surface area contributed by atoms with Gasteiger partial charge in [0.2, 0.25) is 5.95 Å². The number of imidazole rings is 1. The Labute approximate surface area is 114 Å².